The van der Waals surface area contributed by atoms with Crippen LogP contribution in [-0.4, -0.2) is 11.7 Å². The Kier molecular flexibility index (Phi) is 6.53. The van der Waals surface area contributed by atoms with Gasteiger partial charge in [-0.05, 0) is 42.2 Å². The van der Waals surface area contributed by atoms with E-state index in [0.29, 0.717) is 4.90 Å². The molecule has 2 aromatic carbocycles. The van der Waals surface area contributed by atoms with Crippen LogP contribution in [0.1, 0.15) is 30.5 Å². The number of para-hydroxylation sites is 1. The molecule has 1 amide bonds. The van der Waals surface area contributed by atoms with Gasteiger partial charge in [-0.2, -0.15) is 13.2 Å². The lowest BCUT2D eigenvalue weighted by Gasteiger charge is -2.14. The number of thioether (sulfide) groups is 1. The highest BCUT2D eigenvalue weighted by molar-refractivity contribution is 8.00. The molecule has 0 unspecified atom stereocenters. The Morgan fingerprint density at radius 1 is 1.04 bits per heavy atom. The highest BCUT2D eigenvalue weighted by Crippen LogP contribution is 2.32. The number of carbonyl (C=O) groups excluding carboxylic acids is 1. The summed E-state index contributed by atoms with van der Waals surface area (Å²) in [5, 5.41) is 2.91. The summed E-state index contributed by atoms with van der Waals surface area (Å²) < 4.78 is 38.2. The third kappa shape index (κ3) is 5.26. The van der Waals surface area contributed by atoms with E-state index in [-0.39, 0.29) is 11.7 Å². The van der Waals surface area contributed by atoms with Gasteiger partial charge in [-0.15, -0.1) is 11.8 Å². The van der Waals surface area contributed by atoms with Gasteiger partial charge in [0.1, 0.15) is 0 Å². The van der Waals surface area contributed by atoms with Gasteiger partial charge in [0.15, 0.2) is 0 Å². The van der Waals surface area contributed by atoms with E-state index in [2.05, 4.69) is 5.32 Å². The zero-order valence-electron chi connectivity index (χ0n) is 14.1. The first-order chi connectivity index (χ1) is 11.8. The van der Waals surface area contributed by atoms with Crippen LogP contribution in [0.25, 0.3) is 0 Å². The van der Waals surface area contributed by atoms with Crippen LogP contribution in [-0.2, 0) is 23.8 Å². The summed E-state index contributed by atoms with van der Waals surface area (Å²) in [5.74, 6) is -0.166. The number of benzene rings is 2. The molecule has 2 nitrogen and oxygen atoms in total. The van der Waals surface area contributed by atoms with E-state index in [9.17, 15) is 18.0 Å². The van der Waals surface area contributed by atoms with Crippen molar-refractivity contribution in [1.29, 1.82) is 0 Å². The summed E-state index contributed by atoms with van der Waals surface area (Å²) in [6.45, 7) is 4.03. The Balaban J connectivity index is 2.05. The van der Waals surface area contributed by atoms with E-state index in [1.54, 1.807) is 6.07 Å². The molecular weight excluding hydrogens is 347 g/mol. The standard InChI is InChI=1S/C19H20F3NOS/c1-3-13-7-5-8-14(4-2)18(13)23-17(24)12-25-16-10-6-9-15(11-16)19(20,21)22/h5-11H,3-4,12H2,1-2H3,(H,23,24). The number of halogens is 3. The van der Waals surface area contributed by atoms with Crippen LogP contribution < -0.4 is 5.32 Å². The lowest BCUT2D eigenvalue weighted by Crippen LogP contribution is -2.16. The topological polar surface area (TPSA) is 29.1 Å². The summed E-state index contributed by atoms with van der Waals surface area (Å²) in [5.41, 5.74) is 2.22. The molecule has 134 valence electrons. The number of anilines is 1. The summed E-state index contributed by atoms with van der Waals surface area (Å²) in [6, 6.07) is 10.9. The van der Waals surface area contributed by atoms with Gasteiger partial charge in [-0.1, -0.05) is 38.1 Å². The number of alkyl halides is 3. The van der Waals surface area contributed by atoms with Crippen molar-refractivity contribution in [3.05, 3.63) is 59.2 Å². The molecule has 0 spiro atoms. The smallest absolute Gasteiger partial charge is 0.325 e. The molecule has 0 radical (unpaired) electrons. The highest BCUT2D eigenvalue weighted by atomic mass is 32.2. The monoisotopic (exact) mass is 367 g/mol. The minimum absolute atomic E-state index is 0.0580. The van der Waals surface area contributed by atoms with E-state index < -0.39 is 11.7 Å². The summed E-state index contributed by atoms with van der Waals surface area (Å²) in [4.78, 5) is 12.7. The van der Waals surface area contributed by atoms with Crippen molar-refractivity contribution in [2.75, 3.05) is 11.1 Å². The molecule has 25 heavy (non-hydrogen) atoms. The van der Waals surface area contributed by atoms with Gasteiger partial charge in [-0.3, -0.25) is 4.79 Å². The molecule has 0 aliphatic heterocycles. The number of aryl methyl sites for hydroxylation is 2. The number of hydrogen-bond donors (Lipinski definition) is 1. The first-order valence-electron chi connectivity index (χ1n) is 8.05. The van der Waals surface area contributed by atoms with Gasteiger partial charge >= 0.3 is 6.18 Å². The average molecular weight is 367 g/mol. The van der Waals surface area contributed by atoms with Crippen LogP contribution in [0.15, 0.2) is 47.4 Å². The van der Waals surface area contributed by atoms with Gasteiger partial charge in [0.2, 0.25) is 5.91 Å². The van der Waals surface area contributed by atoms with Crippen molar-refractivity contribution in [3.8, 4) is 0 Å². The van der Waals surface area contributed by atoms with Gasteiger partial charge < -0.3 is 5.32 Å². The van der Waals surface area contributed by atoms with Crippen LogP contribution in [0.3, 0.4) is 0 Å². The average Bonchev–Trinajstić information content (AvgIpc) is 2.59. The first kappa shape index (κ1) is 19.4. The largest absolute Gasteiger partial charge is 0.416 e. The second-order valence-corrected chi connectivity index (χ2v) is 6.57. The normalized spacial score (nSPS) is 11.4. The van der Waals surface area contributed by atoms with Crippen molar-refractivity contribution < 1.29 is 18.0 Å². The number of carbonyl (C=O) groups is 1. The van der Waals surface area contributed by atoms with Crippen LogP contribution >= 0.6 is 11.8 Å². The van der Waals surface area contributed by atoms with Gasteiger partial charge in [0.25, 0.3) is 0 Å². The van der Waals surface area contributed by atoms with Crippen LogP contribution in [0.5, 0.6) is 0 Å². The Morgan fingerprint density at radius 3 is 2.20 bits per heavy atom. The fraction of sp³-hybridized carbons (Fsp3) is 0.316. The van der Waals surface area contributed by atoms with Crippen LogP contribution in [0.4, 0.5) is 18.9 Å². The Morgan fingerprint density at radius 2 is 1.64 bits per heavy atom. The minimum Gasteiger partial charge on any atom is -0.325 e. The molecule has 0 saturated carbocycles. The zero-order chi connectivity index (χ0) is 18.4. The second kappa shape index (κ2) is 8.43. The maximum atomic E-state index is 12.7. The lowest BCUT2D eigenvalue weighted by atomic mass is 10.0. The Labute approximate surface area is 149 Å². The van der Waals surface area contributed by atoms with Crippen LogP contribution in [0, 0.1) is 0 Å². The highest BCUT2D eigenvalue weighted by Gasteiger charge is 2.30. The van der Waals surface area contributed by atoms with Crippen molar-refractivity contribution in [2.24, 2.45) is 0 Å². The number of hydrogen-bond acceptors (Lipinski definition) is 2. The summed E-state index contributed by atoms with van der Waals surface area (Å²) >= 11 is 1.09. The van der Waals surface area contributed by atoms with Crippen molar-refractivity contribution >= 4 is 23.4 Å². The first-order valence-corrected chi connectivity index (χ1v) is 9.04. The van der Waals surface area contributed by atoms with E-state index in [1.807, 2.05) is 32.0 Å². The Bertz CT molecular complexity index is 721. The van der Waals surface area contributed by atoms with Crippen molar-refractivity contribution in [1.82, 2.24) is 0 Å². The molecule has 0 fully saturated rings. The summed E-state index contributed by atoms with van der Waals surface area (Å²) in [7, 11) is 0. The molecule has 0 saturated heterocycles. The van der Waals surface area contributed by atoms with E-state index >= 15 is 0 Å². The fourth-order valence-electron chi connectivity index (χ4n) is 2.49. The molecular formula is C19H20F3NOS. The molecule has 2 aromatic rings. The third-order valence-corrected chi connectivity index (χ3v) is 4.79. The number of rotatable bonds is 6. The molecule has 0 atom stereocenters. The van der Waals surface area contributed by atoms with Crippen LogP contribution in [0.2, 0.25) is 0 Å². The SMILES string of the molecule is CCc1cccc(CC)c1NC(=O)CSc1cccc(C(F)(F)F)c1. The fourth-order valence-corrected chi connectivity index (χ4v) is 3.24. The molecule has 0 aromatic heterocycles. The molecule has 0 heterocycles. The minimum atomic E-state index is -4.38. The predicted molar refractivity (Wildman–Crippen MR) is 96.0 cm³/mol. The molecule has 2 rings (SSSR count). The van der Waals surface area contributed by atoms with Gasteiger partial charge in [0, 0.05) is 10.6 Å². The predicted octanol–water partition coefficient (Wildman–Crippen LogP) is 5.56. The molecule has 0 aliphatic carbocycles. The molecule has 0 bridgehead atoms. The third-order valence-electron chi connectivity index (χ3n) is 3.79. The van der Waals surface area contributed by atoms with E-state index in [4.69, 9.17) is 0 Å². The summed E-state index contributed by atoms with van der Waals surface area (Å²) in [6.07, 6.45) is -2.79. The van der Waals surface area contributed by atoms with Gasteiger partial charge in [-0.25, -0.2) is 0 Å². The van der Waals surface area contributed by atoms with Gasteiger partial charge in [0.05, 0.1) is 11.3 Å². The molecule has 6 heteroatoms. The van der Waals surface area contributed by atoms with Crippen molar-refractivity contribution in [3.63, 3.8) is 0 Å². The maximum Gasteiger partial charge on any atom is 0.416 e. The number of nitrogens with one attached hydrogen (secondary N) is 1. The molecule has 1 N–H and O–H groups in total. The zero-order valence-corrected chi connectivity index (χ0v) is 14.9. The van der Waals surface area contributed by atoms with Crippen molar-refractivity contribution in [2.45, 2.75) is 37.8 Å². The second-order valence-electron chi connectivity index (χ2n) is 5.52. The number of amides is 1. The van der Waals surface area contributed by atoms with E-state index in [1.165, 1.54) is 6.07 Å². The quantitative estimate of drug-likeness (QED) is 0.677. The van der Waals surface area contributed by atoms with E-state index in [0.717, 1.165) is 53.6 Å². The maximum absolute atomic E-state index is 12.7. The lowest BCUT2D eigenvalue weighted by molar-refractivity contribution is -0.137. The Hall–Kier alpha value is -1.95. The molecule has 0 aliphatic rings.